The van der Waals surface area contributed by atoms with Crippen molar-refractivity contribution < 1.29 is 32.2 Å². The Morgan fingerprint density at radius 3 is 1.65 bits per heavy atom. The summed E-state index contributed by atoms with van der Waals surface area (Å²) in [6.45, 7) is 0. The SMILES string of the molecule is COC1(c2ccccc2F)NC(Cl)(c2ccccc2F)C(c2ccccc2F)=CC1(C(=O)O)c1ccccc1F. The Hall–Kier alpha value is -3.98. The van der Waals surface area contributed by atoms with Crippen molar-refractivity contribution in [1.29, 1.82) is 0 Å². The highest BCUT2D eigenvalue weighted by atomic mass is 35.5. The normalized spacial score (nSPS) is 24.4. The molecule has 0 fully saturated rings. The molecule has 4 aromatic rings. The molecule has 4 aromatic carbocycles. The fourth-order valence-electron chi connectivity index (χ4n) is 5.45. The maximum Gasteiger partial charge on any atom is 0.323 e. The minimum absolute atomic E-state index is 0.187. The number of carbonyl (C=O) groups is 1. The van der Waals surface area contributed by atoms with Gasteiger partial charge in [0.05, 0.1) is 0 Å². The van der Waals surface area contributed by atoms with E-state index in [1.165, 1.54) is 72.8 Å². The second kappa shape index (κ2) is 10.2. The van der Waals surface area contributed by atoms with E-state index in [-0.39, 0.29) is 22.3 Å². The standard InChI is InChI=1S/C31H22ClF4NO3/c1-40-31(22-13-5-9-17-27(22)36)29(28(38)39,20-11-3-7-15-25(20)34)18-23(19-10-2-6-14-24(19)33)30(32,37-31)21-12-4-8-16-26(21)35/h2-18,37H,1H3,(H,38,39). The van der Waals surface area contributed by atoms with Crippen LogP contribution >= 0.6 is 11.6 Å². The number of aliphatic carboxylic acids is 1. The van der Waals surface area contributed by atoms with Crippen LogP contribution in [0.1, 0.15) is 22.3 Å². The van der Waals surface area contributed by atoms with E-state index in [0.29, 0.717) is 0 Å². The molecule has 4 nitrogen and oxygen atoms in total. The van der Waals surface area contributed by atoms with Crippen LogP contribution in [-0.2, 0) is 25.7 Å². The molecular weight excluding hydrogens is 546 g/mol. The van der Waals surface area contributed by atoms with Crippen LogP contribution in [0.4, 0.5) is 17.6 Å². The smallest absolute Gasteiger partial charge is 0.323 e. The Kier molecular flexibility index (Phi) is 7.04. The van der Waals surface area contributed by atoms with Gasteiger partial charge in [0.1, 0.15) is 23.3 Å². The molecule has 1 heterocycles. The minimum Gasteiger partial charge on any atom is -0.480 e. The summed E-state index contributed by atoms with van der Waals surface area (Å²) in [6, 6.07) is 20.8. The average Bonchev–Trinajstić information content (AvgIpc) is 2.94. The van der Waals surface area contributed by atoms with Gasteiger partial charge in [-0.25, -0.2) is 17.6 Å². The molecule has 0 radical (unpaired) electrons. The number of rotatable bonds is 6. The van der Waals surface area contributed by atoms with E-state index >= 15 is 17.6 Å². The summed E-state index contributed by atoms with van der Waals surface area (Å²) in [7, 11) is 1.10. The number of methoxy groups -OCH3 is 1. The molecule has 0 amide bonds. The summed E-state index contributed by atoms with van der Waals surface area (Å²) in [4.78, 5) is 11.3. The first-order valence-electron chi connectivity index (χ1n) is 12.1. The summed E-state index contributed by atoms with van der Waals surface area (Å²) >= 11 is 7.23. The summed E-state index contributed by atoms with van der Waals surface area (Å²) in [5.41, 5.74) is -6.53. The molecule has 3 atom stereocenters. The quantitative estimate of drug-likeness (QED) is 0.152. The Morgan fingerprint density at radius 2 is 1.18 bits per heavy atom. The predicted octanol–water partition coefficient (Wildman–Crippen LogP) is 6.84. The van der Waals surface area contributed by atoms with Crippen LogP contribution in [0.5, 0.6) is 0 Å². The van der Waals surface area contributed by atoms with Gasteiger partial charge in [0.25, 0.3) is 0 Å². The summed E-state index contributed by atoms with van der Waals surface area (Å²) in [6.07, 6.45) is 1.03. The van der Waals surface area contributed by atoms with Crippen LogP contribution in [0.3, 0.4) is 0 Å². The number of benzene rings is 4. The summed E-state index contributed by atoms with van der Waals surface area (Å²) in [5, 5.41) is 13.8. The molecule has 0 aromatic heterocycles. The van der Waals surface area contributed by atoms with E-state index in [9.17, 15) is 9.90 Å². The van der Waals surface area contributed by atoms with Crippen LogP contribution in [0.25, 0.3) is 5.57 Å². The van der Waals surface area contributed by atoms with Gasteiger partial charge in [0.15, 0.2) is 16.1 Å². The van der Waals surface area contributed by atoms with Crippen molar-refractivity contribution in [2.75, 3.05) is 7.11 Å². The van der Waals surface area contributed by atoms with Crippen molar-refractivity contribution in [3.63, 3.8) is 0 Å². The number of hydrogen-bond acceptors (Lipinski definition) is 3. The van der Waals surface area contributed by atoms with E-state index in [2.05, 4.69) is 5.32 Å². The second-order valence-electron chi connectivity index (χ2n) is 9.26. The molecule has 2 N–H and O–H groups in total. The Morgan fingerprint density at radius 1 is 0.725 bits per heavy atom. The molecule has 204 valence electrons. The molecule has 1 aliphatic rings. The fraction of sp³-hybridized carbons (Fsp3) is 0.129. The molecule has 0 spiro atoms. The van der Waals surface area contributed by atoms with Gasteiger partial charge in [-0.05, 0) is 29.8 Å². The highest BCUT2D eigenvalue weighted by molar-refractivity contribution is 6.30. The summed E-state index contributed by atoms with van der Waals surface area (Å²) < 4.78 is 68.0. The number of halogens is 5. The predicted molar refractivity (Wildman–Crippen MR) is 142 cm³/mol. The van der Waals surface area contributed by atoms with Crippen molar-refractivity contribution in [3.05, 3.63) is 149 Å². The number of alkyl halides is 1. The van der Waals surface area contributed by atoms with Gasteiger partial charge in [0, 0.05) is 29.4 Å². The van der Waals surface area contributed by atoms with E-state index in [1.54, 1.807) is 0 Å². The monoisotopic (exact) mass is 567 g/mol. The number of hydrogen-bond donors (Lipinski definition) is 2. The zero-order chi connectivity index (χ0) is 28.7. The third-order valence-corrected chi connectivity index (χ3v) is 7.74. The molecule has 0 bridgehead atoms. The lowest BCUT2D eigenvalue weighted by molar-refractivity contribution is -0.166. The Bertz CT molecular complexity index is 1650. The zero-order valence-corrected chi connectivity index (χ0v) is 21.7. The van der Waals surface area contributed by atoms with Crippen LogP contribution in [-0.4, -0.2) is 18.2 Å². The van der Waals surface area contributed by atoms with Crippen molar-refractivity contribution in [2.45, 2.75) is 16.1 Å². The lowest BCUT2D eigenvalue weighted by Gasteiger charge is -2.54. The first-order chi connectivity index (χ1) is 19.1. The first kappa shape index (κ1) is 27.6. The zero-order valence-electron chi connectivity index (χ0n) is 21.0. The van der Waals surface area contributed by atoms with Crippen LogP contribution in [0.2, 0.25) is 0 Å². The number of carboxylic acids is 1. The van der Waals surface area contributed by atoms with Gasteiger partial charge in [-0.3, -0.25) is 10.1 Å². The maximum atomic E-state index is 15.6. The maximum absolute atomic E-state index is 15.6. The van der Waals surface area contributed by atoms with Crippen LogP contribution in [0.15, 0.2) is 103 Å². The molecule has 5 rings (SSSR count). The summed E-state index contributed by atoms with van der Waals surface area (Å²) in [5.74, 6) is -5.16. The molecule has 0 saturated heterocycles. The third kappa shape index (κ3) is 3.94. The molecule has 9 heteroatoms. The van der Waals surface area contributed by atoms with E-state index in [4.69, 9.17) is 16.3 Å². The van der Waals surface area contributed by atoms with Gasteiger partial charge in [-0.15, -0.1) is 0 Å². The fourth-order valence-corrected chi connectivity index (χ4v) is 5.89. The lowest BCUT2D eigenvalue weighted by Crippen LogP contribution is -2.69. The van der Waals surface area contributed by atoms with Crippen molar-refractivity contribution in [1.82, 2.24) is 5.32 Å². The van der Waals surface area contributed by atoms with Gasteiger partial charge in [-0.1, -0.05) is 90.5 Å². The first-order valence-corrected chi connectivity index (χ1v) is 12.5. The highest BCUT2D eigenvalue weighted by Crippen LogP contribution is 2.57. The second-order valence-corrected chi connectivity index (χ2v) is 9.83. The number of carboxylic acid groups (broad SMARTS) is 1. The van der Waals surface area contributed by atoms with Crippen molar-refractivity contribution >= 4 is 23.1 Å². The van der Waals surface area contributed by atoms with Crippen LogP contribution in [0, 0.1) is 23.3 Å². The Labute approximate surface area is 232 Å². The average molecular weight is 568 g/mol. The lowest BCUT2D eigenvalue weighted by atomic mass is 9.63. The largest absolute Gasteiger partial charge is 0.480 e. The highest BCUT2D eigenvalue weighted by Gasteiger charge is 2.67. The van der Waals surface area contributed by atoms with Crippen molar-refractivity contribution in [3.8, 4) is 0 Å². The van der Waals surface area contributed by atoms with Crippen molar-refractivity contribution in [2.24, 2.45) is 0 Å². The molecule has 0 saturated carbocycles. The molecule has 0 aliphatic carbocycles. The molecular formula is C31H22ClF4NO3. The number of nitrogens with one attached hydrogen (secondary N) is 1. The topological polar surface area (TPSA) is 58.6 Å². The third-order valence-electron chi connectivity index (χ3n) is 7.24. The molecule has 40 heavy (non-hydrogen) atoms. The molecule has 3 unspecified atom stereocenters. The van der Waals surface area contributed by atoms with Gasteiger partial charge >= 0.3 is 5.97 Å². The Balaban J connectivity index is 2.04. The van der Waals surface area contributed by atoms with Crippen LogP contribution < -0.4 is 5.32 Å². The van der Waals surface area contributed by atoms with E-state index in [1.807, 2.05) is 0 Å². The van der Waals surface area contributed by atoms with Gasteiger partial charge in [0.2, 0.25) is 0 Å². The van der Waals surface area contributed by atoms with E-state index in [0.717, 1.165) is 37.5 Å². The van der Waals surface area contributed by atoms with Gasteiger partial charge in [-0.2, -0.15) is 0 Å². The number of ether oxygens (including phenoxy) is 1. The van der Waals surface area contributed by atoms with Gasteiger partial charge < -0.3 is 9.84 Å². The minimum atomic E-state index is -2.60. The van der Waals surface area contributed by atoms with E-state index < -0.39 is 50.9 Å². The molecule has 1 aliphatic heterocycles.